The van der Waals surface area contributed by atoms with E-state index in [4.69, 9.17) is 0 Å². The lowest BCUT2D eigenvalue weighted by Gasteiger charge is -2.20. The van der Waals surface area contributed by atoms with Crippen LogP contribution < -0.4 is 16.0 Å². The van der Waals surface area contributed by atoms with Gasteiger partial charge in [0.15, 0.2) is 0 Å². The number of carbonyl (C=O) groups is 3. The molecular weight excluding hydrogens is 272 g/mol. The highest BCUT2D eigenvalue weighted by Crippen LogP contribution is 2.34. The quantitative estimate of drug-likeness (QED) is 0.600. The van der Waals surface area contributed by atoms with Crippen molar-refractivity contribution in [2.45, 2.75) is 51.1 Å². The number of amides is 4. The van der Waals surface area contributed by atoms with Crippen LogP contribution in [0.25, 0.3) is 0 Å². The fourth-order valence-electron chi connectivity index (χ4n) is 3.02. The first kappa shape index (κ1) is 15.8. The minimum atomic E-state index is -0.742. The van der Waals surface area contributed by atoms with Crippen molar-refractivity contribution in [1.29, 1.82) is 0 Å². The molecule has 1 spiro atoms. The van der Waals surface area contributed by atoms with Gasteiger partial charge in [-0.2, -0.15) is 0 Å². The summed E-state index contributed by atoms with van der Waals surface area (Å²) in [5.74, 6) is -0.557. The molecule has 7 heteroatoms. The van der Waals surface area contributed by atoms with E-state index in [1.54, 1.807) is 0 Å². The van der Waals surface area contributed by atoms with E-state index in [1.165, 1.54) is 0 Å². The molecule has 0 bridgehead atoms. The number of nitrogens with one attached hydrogen (secondary N) is 3. The Kier molecular flexibility index (Phi) is 4.82. The second-order valence-electron chi connectivity index (χ2n) is 5.87. The number of urea groups is 1. The van der Waals surface area contributed by atoms with Gasteiger partial charge in [-0.05, 0) is 26.3 Å². The van der Waals surface area contributed by atoms with Gasteiger partial charge < -0.3 is 16.0 Å². The zero-order valence-electron chi connectivity index (χ0n) is 12.7. The number of imide groups is 1. The van der Waals surface area contributed by atoms with Crippen molar-refractivity contribution in [3.8, 4) is 0 Å². The summed E-state index contributed by atoms with van der Waals surface area (Å²) in [5.41, 5.74) is -0.742. The second kappa shape index (κ2) is 6.43. The molecule has 118 valence electrons. The van der Waals surface area contributed by atoms with Gasteiger partial charge in [-0.15, -0.1) is 0 Å². The maximum atomic E-state index is 12.4. The molecule has 2 aliphatic rings. The lowest BCUT2D eigenvalue weighted by atomic mass is 9.98. The molecule has 1 saturated carbocycles. The van der Waals surface area contributed by atoms with E-state index in [-0.39, 0.29) is 24.4 Å². The van der Waals surface area contributed by atoms with Crippen LogP contribution in [0, 0.1) is 0 Å². The predicted octanol–water partition coefficient (Wildman–Crippen LogP) is -0.0348. The Balaban J connectivity index is 1.86. The number of likely N-dealkylation sites (N-methyl/N-ethyl adjacent to an activating group) is 1. The lowest BCUT2D eigenvalue weighted by molar-refractivity contribution is -0.134. The van der Waals surface area contributed by atoms with Crippen molar-refractivity contribution in [3.63, 3.8) is 0 Å². The van der Waals surface area contributed by atoms with E-state index in [0.717, 1.165) is 24.3 Å². The number of nitrogens with zero attached hydrogens (tertiary/aromatic N) is 1. The van der Waals surface area contributed by atoms with Gasteiger partial charge >= 0.3 is 6.03 Å². The minimum absolute atomic E-state index is 0.156. The maximum Gasteiger partial charge on any atom is 0.325 e. The Hall–Kier alpha value is -1.63. The van der Waals surface area contributed by atoms with Crippen LogP contribution >= 0.6 is 0 Å². The third-order valence-corrected chi connectivity index (χ3v) is 4.16. The molecule has 4 amide bonds. The normalized spacial score (nSPS) is 21.7. The van der Waals surface area contributed by atoms with Crippen LogP contribution in [-0.2, 0) is 9.59 Å². The molecule has 1 atom stereocenters. The molecular formula is C14H24N4O3. The molecule has 0 aromatic heterocycles. The lowest BCUT2D eigenvalue weighted by Crippen LogP contribution is -2.46. The summed E-state index contributed by atoms with van der Waals surface area (Å²) in [7, 11) is 0. The molecule has 1 saturated heterocycles. The van der Waals surface area contributed by atoms with Gasteiger partial charge in [0.1, 0.15) is 12.1 Å². The molecule has 2 fully saturated rings. The van der Waals surface area contributed by atoms with Gasteiger partial charge in [0.25, 0.3) is 5.91 Å². The Labute approximate surface area is 124 Å². The van der Waals surface area contributed by atoms with Crippen LogP contribution in [0.3, 0.4) is 0 Å². The second-order valence-corrected chi connectivity index (χ2v) is 5.87. The van der Waals surface area contributed by atoms with Crippen LogP contribution in [0.2, 0.25) is 0 Å². The summed E-state index contributed by atoms with van der Waals surface area (Å²) in [6.07, 6.45) is 3.22. The van der Waals surface area contributed by atoms with Crippen molar-refractivity contribution in [2.24, 2.45) is 0 Å². The molecule has 2 rings (SSSR count). The fourth-order valence-corrected chi connectivity index (χ4v) is 3.02. The smallest absolute Gasteiger partial charge is 0.325 e. The highest BCUT2D eigenvalue weighted by Gasteiger charge is 2.52. The Bertz CT molecular complexity index is 432. The molecule has 3 N–H and O–H groups in total. The third-order valence-electron chi connectivity index (χ3n) is 4.16. The zero-order valence-corrected chi connectivity index (χ0v) is 12.7. The first-order valence-electron chi connectivity index (χ1n) is 7.62. The molecule has 1 heterocycles. The van der Waals surface area contributed by atoms with Gasteiger partial charge in [-0.1, -0.05) is 19.8 Å². The summed E-state index contributed by atoms with van der Waals surface area (Å²) in [4.78, 5) is 37.2. The highest BCUT2D eigenvalue weighted by atomic mass is 16.2. The Morgan fingerprint density at radius 1 is 1.38 bits per heavy atom. The Morgan fingerprint density at radius 3 is 2.67 bits per heavy atom. The predicted molar refractivity (Wildman–Crippen MR) is 77.6 cm³/mol. The van der Waals surface area contributed by atoms with Gasteiger partial charge in [-0.3, -0.25) is 14.5 Å². The summed E-state index contributed by atoms with van der Waals surface area (Å²) in [6, 6.07) is -0.292. The average molecular weight is 296 g/mol. The number of hydrogen-bond acceptors (Lipinski definition) is 4. The monoisotopic (exact) mass is 296 g/mol. The molecule has 1 aliphatic carbocycles. The van der Waals surface area contributed by atoms with Crippen LogP contribution in [0.1, 0.15) is 39.5 Å². The van der Waals surface area contributed by atoms with Crippen LogP contribution in [-0.4, -0.2) is 54.0 Å². The average Bonchev–Trinajstić information content (AvgIpc) is 2.99. The number of carbonyl (C=O) groups excluding carboxylic acids is 3. The van der Waals surface area contributed by atoms with E-state index < -0.39 is 11.6 Å². The van der Waals surface area contributed by atoms with Gasteiger partial charge in [0, 0.05) is 12.6 Å². The van der Waals surface area contributed by atoms with Gasteiger partial charge in [-0.25, -0.2) is 4.79 Å². The van der Waals surface area contributed by atoms with E-state index in [0.29, 0.717) is 19.4 Å². The highest BCUT2D eigenvalue weighted by molar-refractivity contribution is 6.09. The number of rotatable bonds is 6. The third kappa shape index (κ3) is 3.34. The van der Waals surface area contributed by atoms with Crippen LogP contribution in [0.15, 0.2) is 0 Å². The summed E-state index contributed by atoms with van der Waals surface area (Å²) >= 11 is 0. The molecule has 0 aromatic carbocycles. The van der Waals surface area contributed by atoms with Gasteiger partial charge in [0.2, 0.25) is 5.91 Å². The largest absolute Gasteiger partial charge is 0.353 e. The van der Waals surface area contributed by atoms with Crippen molar-refractivity contribution in [2.75, 3.05) is 19.6 Å². The summed E-state index contributed by atoms with van der Waals surface area (Å²) in [5, 5.41) is 8.68. The van der Waals surface area contributed by atoms with Crippen molar-refractivity contribution in [1.82, 2.24) is 20.9 Å². The van der Waals surface area contributed by atoms with E-state index >= 15 is 0 Å². The molecule has 0 radical (unpaired) electrons. The molecule has 1 aliphatic heterocycles. The summed E-state index contributed by atoms with van der Waals surface area (Å²) in [6.45, 7) is 5.05. The zero-order chi connectivity index (χ0) is 15.5. The van der Waals surface area contributed by atoms with E-state index in [1.807, 2.05) is 13.8 Å². The van der Waals surface area contributed by atoms with Crippen molar-refractivity contribution >= 4 is 17.8 Å². The standard InChI is InChI=1S/C14H24N4O3/c1-3-15-10(2)8-16-11(19)9-18-12(20)14(17-13(18)21)6-4-5-7-14/h10,15H,3-9H2,1-2H3,(H,16,19)(H,17,21)/t10-/m1/s1. The number of hydrogen-bond donors (Lipinski definition) is 3. The summed E-state index contributed by atoms with van der Waals surface area (Å²) < 4.78 is 0. The molecule has 0 unspecified atom stereocenters. The first-order valence-corrected chi connectivity index (χ1v) is 7.62. The van der Waals surface area contributed by atoms with Gasteiger partial charge in [0.05, 0.1) is 0 Å². The van der Waals surface area contributed by atoms with Crippen LogP contribution in [0.4, 0.5) is 4.79 Å². The van der Waals surface area contributed by atoms with Crippen LogP contribution in [0.5, 0.6) is 0 Å². The van der Waals surface area contributed by atoms with Crippen molar-refractivity contribution < 1.29 is 14.4 Å². The SMILES string of the molecule is CCN[C@H](C)CNC(=O)CN1C(=O)NC2(CCCC2)C1=O. The molecule has 21 heavy (non-hydrogen) atoms. The van der Waals surface area contributed by atoms with Crippen molar-refractivity contribution in [3.05, 3.63) is 0 Å². The van der Waals surface area contributed by atoms with E-state index in [2.05, 4.69) is 16.0 Å². The molecule has 7 nitrogen and oxygen atoms in total. The minimum Gasteiger partial charge on any atom is -0.353 e. The fraction of sp³-hybridized carbons (Fsp3) is 0.786. The molecule has 0 aromatic rings. The topological polar surface area (TPSA) is 90.5 Å². The first-order chi connectivity index (χ1) is 9.98. The Morgan fingerprint density at radius 2 is 2.05 bits per heavy atom. The van der Waals surface area contributed by atoms with E-state index in [9.17, 15) is 14.4 Å². The maximum absolute atomic E-state index is 12.4.